The van der Waals surface area contributed by atoms with Crippen LogP contribution in [-0.4, -0.2) is 35.9 Å². The molecular formula is C11H14N2O2. The number of ether oxygens (including phenoxy) is 1. The number of ketones is 1. The second kappa shape index (κ2) is 4.40. The van der Waals surface area contributed by atoms with Crippen molar-refractivity contribution in [2.45, 2.75) is 13.0 Å². The van der Waals surface area contributed by atoms with Crippen LogP contribution in [-0.2, 0) is 11.3 Å². The summed E-state index contributed by atoms with van der Waals surface area (Å²) in [5.74, 6) is 0.953. The molecule has 2 rings (SSSR count). The zero-order chi connectivity index (χ0) is 10.7. The van der Waals surface area contributed by atoms with Crippen molar-refractivity contribution in [2.75, 3.05) is 20.2 Å². The number of hydrogen-bond acceptors (Lipinski definition) is 4. The van der Waals surface area contributed by atoms with Crippen molar-refractivity contribution in [1.29, 1.82) is 0 Å². The van der Waals surface area contributed by atoms with Gasteiger partial charge in [-0.3, -0.25) is 9.69 Å². The molecule has 2 heterocycles. The number of nitrogens with zero attached hydrogens (tertiary/aromatic N) is 2. The van der Waals surface area contributed by atoms with Crippen LogP contribution in [0.2, 0.25) is 0 Å². The highest BCUT2D eigenvalue weighted by molar-refractivity contribution is 5.82. The average Bonchev–Trinajstić information content (AvgIpc) is 2.64. The molecule has 1 saturated heterocycles. The van der Waals surface area contributed by atoms with E-state index in [1.165, 1.54) is 0 Å². The van der Waals surface area contributed by atoms with E-state index in [4.69, 9.17) is 4.74 Å². The highest BCUT2D eigenvalue weighted by Crippen LogP contribution is 2.13. The Morgan fingerprint density at radius 2 is 2.47 bits per heavy atom. The lowest BCUT2D eigenvalue weighted by molar-refractivity contribution is -0.116. The van der Waals surface area contributed by atoms with Gasteiger partial charge in [0.05, 0.1) is 13.7 Å². The summed E-state index contributed by atoms with van der Waals surface area (Å²) in [4.78, 5) is 17.3. The second-order valence-electron chi connectivity index (χ2n) is 3.71. The van der Waals surface area contributed by atoms with Crippen molar-refractivity contribution in [3.8, 4) is 5.88 Å². The first-order valence-corrected chi connectivity index (χ1v) is 5.01. The molecule has 80 valence electrons. The van der Waals surface area contributed by atoms with Gasteiger partial charge in [-0.1, -0.05) is 0 Å². The van der Waals surface area contributed by atoms with E-state index in [9.17, 15) is 4.79 Å². The van der Waals surface area contributed by atoms with Crippen LogP contribution < -0.4 is 4.74 Å². The zero-order valence-electron chi connectivity index (χ0n) is 8.77. The van der Waals surface area contributed by atoms with Crippen molar-refractivity contribution >= 4 is 5.78 Å². The maximum absolute atomic E-state index is 11.1. The molecule has 0 N–H and O–H groups in total. The van der Waals surface area contributed by atoms with Crippen molar-refractivity contribution in [2.24, 2.45) is 0 Å². The molecule has 4 nitrogen and oxygen atoms in total. The van der Waals surface area contributed by atoms with Crippen LogP contribution in [0.5, 0.6) is 5.88 Å². The van der Waals surface area contributed by atoms with Crippen LogP contribution in [0.25, 0.3) is 0 Å². The van der Waals surface area contributed by atoms with E-state index in [0.717, 1.165) is 18.7 Å². The van der Waals surface area contributed by atoms with Crippen molar-refractivity contribution in [3.05, 3.63) is 23.9 Å². The molecule has 1 aliphatic heterocycles. The zero-order valence-corrected chi connectivity index (χ0v) is 8.77. The lowest BCUT2D eigenvalue weighted by Crippen LogP contribution is -2.20. The van der Waals surface area contributed by atoms with E-state index < -0.39 is 0 Å². The number of aromatic nitrogens is 1. The first-order valence-electron chi connectivity index (χ1n) is 5.01. The number of likely N-dealkylation sites (tertiary alicyclic amines) is 1. The standard InChI is InChI=1S/C11H14N2O2/c1-15-11-6-9(2-4-12-11)7-13-5-3-10(14)8-13/h2,4,6H,3,5,7-8H2,1H3. The van der Waals surface area contributed by atoms with Gasteiger partial charge >= 0.3 is 0 Å². The topological polar surface area (TPSA) is 42.4 Å². The van der Waals surface area contributed by atoms with E-state index in [1.807, 2.05) is 12.1 Å². The molecule has 15 heavy (non-hydrogen) atoms. The Bertz CT molecular complexity index is 365. The molecule has 0 radical (unpaired) electrons. The highest BCUT2D eigenvalue weighted by Gasteiger charge is 2.19. The molecule has 1 aromatic heterocycles. The van der Waals surface area contributed by atoms with Gasteiger partial charge in [0.25, 0.3) is 0 Å². The third-order valence-corrected chi connectivity index (χ3v) is 2.52. The Morgan fingerprint density at radius 1 is 1.60 bits per heavy atom. The van der Waals surface area contributed by atoms with Gasteiger partial charge in [-0.25, -0.2) is 4.98 Å². The van der Waals surface area contributed by atoms with Gasteiger partial charge < -0.3 is 4.74 Å². The van der Waals surface area contributed by atoms with Gasteiger partial charge in [0.15, 0.2) is 0 Å². The Hall–Kier alpha value is -1.42. The van der Waals surface area contributed by atoms with E-state index in [-0.39, 0.29) is 0 Å². The molecule has 0 aromatic carbocycles. The van der Waals surface area contributed by atoms with E-state index in [1.54, 1.807) is 13.3 Å². The number of carbonyl (C=O) groups excluding carboxylic acids is 1. The van der Waals surface area contributed by atoms with E-state index in [0.29, 0.717) is 24.6 Å². The second-order valence-corrected chi connectivity index (χ2v) is 3.71. The molecule has 0 spiro atoms. The molecular weight excluding hydrogens is 192 g/mol. The smallest absolute Gasteiger partial charge is 0.213 e. The summed E-state index contributed by atoms with van der Waals surface area (Å²) >= 11 is 0. The highest BCUT2D eigenvalue weighted by atomic mass is 16.5. The number of pyridine rings is 1. The van der Waals surface area contributed by atoms with Crippen LogP contribution in [0.15, 0.2) is 18.3 Å². The van der Waals surface area contributed by atoms with Crippen molar-refractivity contribution < 1.29 is 9.53 Å². The molecule has 1 aromatic rings. The third-order valence-electron chi connectivity index (χ3n) is 2.52. The van der Waals surface area contributed by atoms with Gasteiger partial charge in [-0.05, 0) is 11.6 Å². The number of rotatable bonds is 3. The summed E-state index contributed by atoms with van der Waals surface area (Å²) in [6.45, 7) is 2.23. The minimum atomic E-state index is 0.330. The monoisotopic (exact) mass is 206 g/mol. The van der Waals surface area contributed by atoms with Crippen molar-refractivity contribution in [1.82, 2.24) is 9.88 Å². The van der Waals surface area contributed by atoms with Crippen LogP contribution >= 0.6 is 0 Å². The minimum Gasteiger partial charge on any atom is -0.481 e. The summed E-state index contributed by atoms with van der Waals surface area (Å²) < 4.78 is 5.04. The fourth-order valence-electron chi connectivity index (χ4n) is 1.74. The lowest BCUT2D eigenvalue weighted by Gasteiger charge is -2.13. The minimum absolute atomic E-state index is 0.330. The number of Topliss-reactive ketones (excluding diaryl/α,β-unsaturated/α-hetero) is 1. The molecule has 0 bridgehead atoms. The fourth-order valence-corrected chi connectivity index (χ4v) is 1.74. The number of carbonyl (C=O) groups is 1. The Balaban J connectivity index is 2.01. The van der Waals surface area contributed by atoms with Crippen LogP contribution in [0.1, 0.15) is 12.0 Å². The van der Waals surface area contributed by atoms with Gasteiger partial charge in [0, 0.05) is 31.8 Å². The van der Waals surface area contributed by atoms with Gasteiger partial charge in [0.2, 0.25) is 5.88 Å². The molecule has 1 fully saturated rings. The first-order chi connectivity index (χ1) is 7.28. The maximum Gasteiger partial charge on any atom is 0.213 e. The quantitative estimate of drug-likeness (QED) is 0.735. The molecule has 0 unspecified atom stereocenters. The molecule has 4 heteroatoms. The molecule has 0 saturated carbocycles. The molecule has 0 aliphatic carbocycles. The van der Waals surface area contributed by atoms with Gasteiger partial charge in [-0.15, -0.1) is 0 Å². The van der Waals surface area contributed by atoms with Gasteiger partial charge in [0.1, 0.15) is 5.78 Å². The van der Waals surface area contributed by atoms with Crippen LogP contribution in [0.3, 0.4) is 0 Å². The molecule has 0 amide bonds. The van der Waals surface area contributed by atoms with Crippen molar-refractivity contribution in [3.63, 3.8) is 0 Å². The molecule has 0 atom stereocenters. The number of hydrogen-bond donors (Lipinski definition) is 0. The van der Waals surface area contributed by atoms with Crippen LogP contribution in [0, 0.1) is 0 Å². The largest absolute Gasteiger partial charge is 0.481 e. The van der Waals surface area contributed by atoms with Crippen LogP contribution in [0.4, 0.5) is 0 Å². The summed E-state index contributed by atoms with van der Waals surface area (Å²) in [5, 5.41) is 0. The maximum atomic E-state index is 11.1. The summed E-state index contributed by atoms with van der Waals surface area (Å²) in [7, 11) is 1.60. The predicted molar refractivity (Wildman–Crippen MR) is 55.7 cm³/mol. The Labute approximate surface area is 88.9 Å². The lowest BCUT2D eigenvalue weighted by atomic mass is 10.2. The third kappa shape index (κ3) is 2.53. The SMILES string of the molecule is COc1cc(CN2CCC(=O)C2)ccn1. The number of methoxy groups -OCH3 is 1. The summed E-state index contributed by atoms with van der Waals surface area (Å²) in [6.07, 6.45) is 2.41. The fraction of sp³-hybridized carbons (Fsp3) is 0.455. The normalized spacial score (nSPS) is 17.0. The van der Waals surface area contributed by atoms with E-state index >= 15 is 0 Å². The van der Waals surface area contributed by atoms with E-state index in [2.05, 4.69) is 9.88 Å². The predicted octanol–water partition coefficient (Wildman–Crippen LogP) is 0.865. The first kappa shape index (κ1) is 10.1. The Kier molecular flexibility index (Phi) is 2.97. The molecule has 1 aliphatic rings. The summed E-state index contributed by atoms with van der Waals surface area (Å²) in [6, 6.07) is 3.86. The Morgan fingerprint density at radius 3 is 3.13 bits per heavy atom. The summed E-state index contributed by atoms with van der Waals surface area (Å²) in [5.41, 5.74) is 1.14. The van der Waals surface area contributed by atoms with Gasteiger partial charge in [-0.2, -0.15) is 0 Å². The average molecular weight is 206 g/mol.